The summed E-state index contributed by atoms with van der Waals surface area (Å²) >= 11 is 0. The van der Waals surface area contributed by atoms with E-state index in [0.717, 1.165) is 44.7 Å². The van der Waals surface area contributed by atoms with Crippen LogP contribution in [0.15, 0.2) is 30.3 Å². The first kappa shape index (κ1) is 17.5. The van der Waals surface area contributed by atoms with E-state index in [0.29, 0.717) is 17.9 Å². The van der Waals surface area contributed by atoms with E-state index in [-0.39, 0.29) is 0 Å². The van der Waals surface area contributed by atoms with Gasteiger partial charge in [0.25, 0.3) is 0 Å². The van der Waals surface area contributed by atoms with Crippen LogP contribution in [0, 0.1) is 5.92 Å². The summed E-state index contributed by atoms with van der Waals surface area (Å²) < 4.78 is 0. The molecular formula is C21H32N2O. The Kier molecular flexibility index (Phi) is 5.60. The molecule has 24 heavy (non-hydrogen) atoms. The number of aryl methyl sites for hydroxylation is 1. The molecular weight excluding hydrogens is 296 g/mol. The van der Waals surface area contributed by atoms with Crippen molar-refractivity contribution in [3.8, 4) is 0 Å². The topological polar surface area (TPSA) is 23.6 Å². The second kappa shape index (κ2) is 7.69. The lowest BCUT2D eigenvalue weighted by atomic mass is 9.81. The smallest absolute Gasteiger partial charge is 0.222 e. The molecule has 3 rings (SSSR count). The molecule has 0 radical (unpaired) electrons. The van der Waals surface area contributed by atoms with Crippen LogP contribution in [-0.4, -0.2) is 48.4 Å². The third-order valence-corrected chi connectivity index (χ3v) is 6.06. The Balaban J connectivity index is 1.44. The molecule has 2 aliphatic rings. The Labute approximate surface area is 147 Å². The van der Waals surface area contributed by atoms with Crippen molar-refractivity contribution in [3.05, 3.63) is 35.9 Å². The van der Waals surface area contributed by atoms with Gasteiger partial charge in [-0.3, -0.25) is 4.79 Å². The minimum atomic E-state index is 0.335. The van der Waals surface area contributed by atoms with E-state index in [4.69, 9.17) is 0 Å². The molecule has 1 aliphatic heterocycles. The lowest BCUT2D eigenvalue weighted by Crippen LogP contribution is -2.54. The van der Waals surface area contributed by atoms with Gasteiger partial charge in [0.1, 0.15) is 0 Å². The summed E-state index contributed by atoms with van der Waals surface area (Å²) in [6.07, 6.45) is 9.09. The van der Waals surface area contributed by atoms with Gasteiger partial charge in [0.15, 0.2) is 0 Å². The molecule has 1 aromatic rings. The number of rotatable bonds is 7. The van der Waals surface area contributed by atoms with Crippen molar-refractivity contribution in [2.75, 3.05) is 27.2 Å². The maximum Gasteiger partial charge on any atom is 0.222 e. The number of carbonyl (C=O) groups excluding carboxylic acids is 1. The average Bonchev–Trinajstić information content (AvgIpc) is 3.40. The summed E-state index contributed by atoms with van der Waals surface area (Å²) in [7, 11) is 4.44. The molecule has 1 heterocycles. The number of benzene rings is 1. The van der Waals surface area contributed by atoms with Crippen molar-refractivity contribution in [2.24, 2.45) is 5.92 Å². The van der Waals surface area contributed by atoms with Crippen LogP contribution in [0.3, 0.4) is 0 Å². The lowest BCUT2D eigenvalue weighted by Gasteiger charge is -2.46. The molecule has 0 atom stereocenters. The molecule has 0 bridgehead atoms. The number of piperidine rings is 1. The predicted octanol–water partition coefficient (Wildman–Crippen LogP) is 3.73. The molecule has 2 fully saturated rings. The van der Waals surface area contributed by atoms with Crippen molar-refractivity contribution in [3.63, 3.8) is 0 Å². The summed E-state index contributed by atoms with van der Waals surface area (Å²) in [6, 6.07) is 10.5. The fourth-order valence-electron chi connectivity index (χ4n) is 4.11. The summed E-state index contributed by atoms with van der Waals surface area (Å²) in [6.45, 7) is 1.88. The molecule has 1 aliphatic carbocycles. The minimum Gasteiger partial charge on any atom is -0.343 e. The molecule has 1 aromatic carbocycles. The van der Waals surface area contributed by atoms with E-state index in [1.165, 1.54) is 24.8 Å². The second-order valence-electron chi connectivity index (χ2n) is 7.99. The van der Waals surface area contributed by atoms with Gasteiger partial charge in [-0.15, -0.1) is 0 Å². The van der Waals surface area contributed by atoms with Crippen LogP contribution in [0.1, 0.15) is 50.5 Å². The number of nitrogens with zero attached hydrogens (tertiary/aromatic N) is 2. The van der Waals surface area contributed by atoms with Crippen molar-refractivity contribution in [2.45, 2.75) is 56.9 Å². The van der Waals surface area contributed by atoms with Crippen molar-refractivity contribution in [1.82, 2.24) is 9.80 Å². The highest BCUT2D eigenvalue weighted by molar-refractivity contribution is 5.76. The van der Waals surface area contributed by atoms with Crippen molar-refractivity contribution in [1.29, 1.82) is 0 Å². The summed E-state index contributed by atoms with van der Waals surface area (Å²) in [5.41, 5.74) is 1.67. The summed E-state index contributed by atoms with van der Waals surface area (Å²) in [5, 5.41) is 0. The Hall–Kier alpha value is -1.35. The molecule has 1 saturated carbocycles. The van der Waals surface area contributed by atoms with E-state index in [1.807, 2.05) is 6.07 Å². The quantitative estimate of drug-likeness (QED) is 0.761. The number of hydrogen-bond acceptors (Lipinski definition) is 2. The Morgan fingerprint density at radius 2 is 1.83 bits per heavy atom. The van der Waals surface area contributed by atoms with Crippen LogP contribution in [0.2, 0.25) is 0 Å². The highest BCUT2D eigenvalue weighted by atomic mass is 16.2. The monoisotopic (exact) mass is 328 g/mol. The van der Waals surface area contributed by atoms with Gasteiger partial charge in [-0.05, 0) is 57.7 Å². The summed E-state index contributed by atoms with van der Waals surface area (Å²) in [4.78, 5) is 17.1. The van der Waals surface area contributed by atoms with Crippen LogP contribution >= 0.6 is 0 Å². The van der Waals surface area contributed by atoms with Gasteiger partial charge in [0.2, 0.25) is 5.91 Å². The van der Waals surface area contributed by atoms with E-state index >= 15 is 0 Å². The normalized spacial score (nSPS) is 20.4. The van der Waals surface area contributed by atoms with Gasteiger partial charge in [-0.2, -0.15) is 0 Å². The van der Waals surface area contributed by atoms with Crippen molar-refractivity contribution >= 4 is 5.91 Å². The fourth-order valence-corrected chi connectivity index (χ4v) is 4.11. The number of amides is 1. The SMILES string of the molecule is CN(C)C1(CC2CC2)CCN(C(=O)CCCc2ccccc2)CC1. The van der Waals surface area contributed by atoms with Gasteiger partial charge >= 0.3 is 0 Å². The van der Waals surface area contributed by atoms with Crippen LogP contribution in [-0.2, 0) is 11.2 Å². The maximum absolute atomic E-state index is 12.5. The molecule has 0 spiro atoms. The Bertz CT molecular complexity index is 528. The molecule has 1 amide bonds. The molecule has 3 heteroatoms. The van der Waals surface area contributed by atoms with Crippen LogP contribution in [0.4, 0.5) is 0 Å². The van der Waals surface area contributed by atoms with E-state index in [2.05, 4.69) is 48.2 Å². The van der Waals surface area contributed by atoms with E-state index in [1.54, 1.807) is 0 Å². The van der Waals surface area contributed by atoms with E-state index < -0.39 is 0 Å². The Morgan fingerprint density at radius 3 is 2.42 bits per heavy atom. The molecule has 3 nitrogen and oxygen atoms in total. The first-order chi connectivity index (χ1) is 11.6. The van der Waals surface area contributed by atoms with Crippen LogP contribution in [0.25, 0.3) is 0 Å². The predicted molar refractivity (Wildman–Crippen MR) is 99.0 cm³/mol. The van der Waals surface area contributed by atoms with Gasteiger partial charge in [0.05, 0.1) is 0 Å². The summed E-state index contributed by atoms with van der Waals surface area (Å²) in [5.74, 6) is 1.30. The highest BCUT2D eigenvalue weighted by Gasteiger charge is 2.41. The fraction of sp³-hybridized carbons (Fsp3) is 0.667. The molecule has 0 unspecified atom stereocenters. The molecule has 0 N–H and O–H groups in total. The second-order valence-corrected chi connectivity index (χ2v) is 7.99. The zero-order valence-corrected chi connectivity index (χ0v) is 15.3. The maximum atomic E-state index is 12.5. The molecule has 0 aromatic heterocycles. The zero-order chi connectivity index (χ0) is 17.0. The van der Waals surface area contributed by atoms with Gasteiger partial charge < -0.3 is 9.80 Å². The van der Waals surface area contributed by atoms with Crippen LogP contribution in [0.5, 0.6) is 0 Å². The first-order valence-electron chi connectivity index (χ1n) is 9.58. The first-order valence-corrected chi connectivity index (χ1v) is 9.58. The minimum absolute atomic E-state index is 0.335. The standard InChI is InChI=1S/C21H32N2O/c1-22(2)21(17-19-11-12-19)13-15-23(16-14-21)20(24)10-6-9-18-7-4-3-5-8-18/h3-5,7-8,19H,6,9-17H2,1-2H3. The zero-order valence-electron chi connectivity index (χ0n) is 15.3. The Morgan fingerprint density at radius 1 is 1.17 bits per heavy atom. The number of carbonyl (C=O) groups is 1. The average molecular weight is 329 g/mol. The number of likely N-dealkylation sites (tertiary alicyclic amines) is 1. The molecule has 132 valence electrons. The van der Waals surface area contributed by atoms with E-state index in [9.17, 15) is 4.79 Å². The van der Waals surface area contributed by atoms with Gasteiger partial charge in [-0.1, -0.05) is 43.2 Å². The van der Waals surface area contributed by atoms with Crippen molar-refractivity contribution < 1.29 is 4.79 Å². The largest absolute Gasteiger partial charge is 0.343 e. The number of hydrogen-bond donors (Lipinski definition) is 0. The van der Waals surface area contributed by atoms with Gasteiger partial charge in [0, 0.05) is 25.0 Å². The third-order valence-electron chi connectivity index (χ3n) is 6.06. The molecule has 1 saturated heterocycles. The van der Waals surface area contributed by atoms with Crippen LogP contribution < -0.4 is 0 Å². The van der Waals surface area contributed by atoms with Gasteiger partial charge in [-0.25, -0.2) is 0 Å². The lowest BCUT2D eigenvalue weighted by molar-refractivity contribution is -0.134. The third kappa shape index (κ3) is 4.38. The highest BCUT2D eigenvalue weighted by Crippen LogP contribution is 2.42.